The van der Waals surface area contributed by atoms with Gasteiger partial charge in [-0.25, -0.2) is 8.42 Å². The molecule has 2 heterocycles. The van der Waals surface area contributed by atoms with Crippen molar-refractivity contribution in [1.29, 1.82) is 0 Å². The maximum Gasteiger partial charge on any atom is 0.254 e. The lowest BCUT2D eigenvalue weighted by molar-refractivity contribution is 0.0725. The molecule has 7 nitrogen and oxygen atoms in total. The zero-order chi connectivity index (χ0) is 23.3. The van der Waals surface area contributed by atoms with E-state index in [0.717, 1.165) is 10.4 Å². The Morgan fingerprint density at radius 2 is 1.85 bits per heavy atom. The Morgan fingerprint density at radius 3 is 2.58 bits per heavy atom. The van der Waals surface area contributed by atoms with E-state index in [9.17, 15) is 13.2 Å². The third kappa shape index (κ3) is 5.44. The topological polar surface area (TPSA) is 76.2 Å². The van der Waals surface area contributed by atoms with Crippen LogP contribution in [0.4, 0.5) is 0 Å². The summed E-state index contributed by atoms with van der Waals surface area (Å²) in [5.74, 6) is 0.457. The fourth-order valence-corrected chi connectivity index (χ4v) is 5.91. The zero-order valence-corrected chi connectivity index (χ0v) is 20.0. The SMILES string of the molecule is COc1ccccc1CN(Cc1cccs1)C(=O)c1cccc(S(=O)(=O)N2CCOCC2)c1. The number of nitrogens with zero attached hydrogens (tertiary/aromatic N) is 2. The van der Waals surface area contributed by atoms with Crippen molar-refractivity contribution in [1.82, 2.24) is 9.21 Å². The van der Waals surface area contributed by atoms with Crippen LogP contribution in [0, 0.1) is 0 Å². The van der Waals surface area contributed by atoms with E-state index in [2.05, 4.69) is 0 Å². The van der Waals surface area contributed by atoms with Gasteiger partial charge in [0.1, 0.15) is 5.75 Å². The van der Waals surface area contributed by atoms with E-state index in [1.54, 1.807) is 35.5 Å². The normalized spacial score (nSPS) is 14.7. The Balaban J connectivity index is 1.64. The number of carbonyl (C=O) groups is 1. The average Bonchev–Trinajstić information content (AvgIpc) is 3.37. The van der Waals surface area contributed by atoms with Crippen molar-refractivity contribution in [3.63, 3.8) is 0 Å². The first kappa shape index (κ1) is 23.4. The minimum Gasteiger partial charge on any atom is -0.496 e. The first-order chi connectivity index (χ1) is 16.0. The molecule has 1 aliphatic rings. The fraction of sp³-hybridized carbons (Fsp3) is 0.292. The van der Waals surface area contributed by atoms with E-state index >= 15 is 0 Å². The number of amides is 1. The minimum absolute atomic E-state index is 0.114. The second-order valence-corrected chi connectivity index (χ2v) is 10.6. The van der Waals surface area contributed by atoms with Gasteiger partial charge in [-0.1, -0.05) is 30.3 Å². The number of morpholine rings is 1. The number of thiophene rings is 1. The van der Waals surface area contributed by atoms with Crippen LogP contribution < -0.4 is 4.74 Å². The van der Waals surface area contributed by atoms with Crippen LogP contribution in [0.5, 0.6) is 5.75 Å². The van der Waals surface area contributed by atoms with Crippen molar-refractivity contribution >= 4 is 27.3 Å². The van der Waals surface area contributed by atoms with Crippen molar-refractivity contribution < 1.29 is 22.7 Å². The van der Waals surface area contributed by atoms with Gasteiger partial charge in [-0.05, 0) is 35.7 Å². The molecule has 0 spiro atoms. The Hall–Kier alpha value is -2.72. The van der Waals surface area contributed by atoms with Crippen molar-refractivity contribution in [3.05, 3.63) is 82.0 Å². The molecule has 0 bridgehead atoms. The van der Waals surface area contributed by atoms with Gasteiger partial charge in [0.2, 0.25) is 10.0 Å². The maximum absolute atomic E-state index is 13.6. The molecule has 0 atom stereocenters. The number of rotatable bonds is 8. The van der Waals surface area contributed by atoms with Crippen LogP contribution in [0.1, 0.15) is 20.8 Å². The van der Waals surface area contributed by atoms with E-state index in [4.69, 9.17) is 9.47 Å². The summed E-state index contributed by atoms with van der Waals surface area (Å²) in [5, 5.41) is 1.97. The molecule has 0 N–H and O–H groups in total. The van der Waals surface area contributed by atoms with Crippen LogP contribution in [0.3, 0.4) is 0 Å². The number of benzene rings is 2. The molecule has 2 aromatic carbocycles. The molecule has 9 heteroatoms. The van der Waals surface area contributed by atoms with Gasteiger partial charge in [-0.15, -0.1) is 11.3 Å². The summed E-state index contributed by atoms with van der Waals surface area (Å²) in [6.45, 7) is 2.09. The van der Waals surface area contributed by atoms with Crippen molar-refractivity contribution in [2.45, 2.75) is 18.0 Å². The van der Waals surface area contributed by atoms with Gasteiger partial charge in [0, 0.05) is 29.1 Å². The van der Waals surface area contributed by atoms with E-state index in [1.165, 1.54) is 16.4 Å². The lowest BCUT2D eigenvalue weighted by Crippen LogP contribution is -2.40. The number of sulfonamides is 1. The van der Waals surface area contributed by atoms with E-state index < -0.39 is 10.0 Å². The van der Waals surface area contributed by atoms with E-state index in [1.807, 2.05) is 41.8 Å². The van der Waals surface area contributed by atoms with Crippen LogP contribution in [0.25, 0.3) is 0 Å². The monoisotopic (exact) mass is 486 g/mol. The fourth-order valence-electron chi connectivity index (χ4n) is 3.74. The first-order valence-electron chi connectivity index (χ1n) is 10.6. The third-order valence-corrected chi connectivity index (χ3v) is 8.21. The number of methoxy groups -OCH3 is 1. The molecule has 1 fully saturated rings. The highest BCUT2D eigenvalue weighted by atomic mass is 32.2. The summed E-state index contributed by atoms with van der Waals surface area (Å²) in [5.41, 5.74) is 1.21. The molecule has 3 aromatic rings. The standard InChI is InChI=1S/C24H26N2O5S2/c1-30-23-10-3-2-6-20(23)17-25(18-21-8-5-15-32-21)24(27)19-7-4-9-22(16-19)33(28,29)26-11-13-31-14-12-26/h2-10,15-16H,11-14,17-18H2,1H3. The second-order valence-electron chi connectivity index (χ2n) is 7.60. The summed E-state index contributed by atoms with van der Waals surface area (Å²) in [4.78, 5) is 16.5. The smallest absolute Gasteiger partial charge is 0.254 e. The number of para-hydroxylation sites is 1. The predicted octanol–water partition coefficient (Wildman–Crippen LogP) is 3.62. The summed E-state index contributed by atoms with van der Waals surface area (Å²) in [6.07, 6.45) is 0. The number of hydrogen-bond donors (Lipinski definition) is 0. The Kier molecular flexibility index (Phi) is 7.44. The molecule has 174 valence electrons. The molecule has 1 saturated heterocycles. The van der Waals surface area contributed by atoms with Gasteiger partial charge >= 0.3 is 0 Å². The lowest BCUT2D eigenvalue weighted by Gasteiger charge is -2.26. The van der Waals surface area contributed by atoms with Gasteiger partial charge < -0.3 is 14.4 Å². The quantitative estimate of drug-likeness (QED) is 0.486. The molecule has 1 aliphatic heterocycles. The molecular weight excluding hydrogens is 460 g/mol. The van der Waals surface area contributed by atoms with E-state index in [-0.39, 0.29) is 10.8 Å². The number of carbonyl (C=O) groups excluding carboxylic acids is 1. The number of ether oxygens (including phenoxy) is 2. The molecule has 1 aromatic heterocycles. The minimum atomic E-state index is -3.70. The highest BCUT2D eigenvalue weighted by Gasteiger charge is 2.27. The van der Waals surface area contributed by atoms with Crippen molar-refractivity contribution in [3.8, 4) is 5.75 Å². The summed E-state index contributed by atoms with van der Waals surface area (Å²) < 4.78 is 38.3. The van der Waals surface area contributed by atoms with Gasteiger partial charge in [0.05, 0.1) is 38.3 Å². The summed E-state index contributed by atoms with van der Waals surface area (Å²) >= 11 is 1.57. The van der Waals surface area contributed by atoms with Crippen molar-refractivity contribution in [2.75, 3.05) is 33.4 Å². The third-order valence-electron chi connectivity index (χ3n) is 5.46. The molecular formula is C24H26N2O5S2. The zero-order valence-electron chi connectivity index (χ0n) is 18.3. The second kappa shape index (κ2) is 10.5. The van der Waals surface area contributed by atoms with Gasteiger partial charge in [-0.2, -0.15) is 4.31 Å². The Labute approximate surface area is 198 Å². The highest BCUT2D eigenvalue weighted by molar-refractivity contribution is 7.89. The van der Waals surface area contributed by atoms with Gasteiger partial charge in [0.15, 0.2) is 0 Å². The summed E-state index contributed by atoms with van der Waals surface area (Å²) in [6, 6.07) is 17.8. The molecule has 1 amide bonds. The first-order valence-corrected chi connectivity index (χ1v) is 12.9. The Morgan fingerprint density at radius 1 is 1.06 bits per heavy atom. The number of hydrogen-bond acceptors (Lipinski definition) is 6. The van der Waals surface area contributed by atoms with Crippen molar-refractivity contribution in [2.24, 2.45) is 0 Å². The van der Waals surface area contributed by atoms with Crippen LogP contribution in [-0.4, -0.2) is 56.9 Å². The van der Waals surface area contributed by atoms with Crippen LogP contribution in [0.2, 0.25) is 0 Å². The van der Waals surface area contributed by atoms with Crippen LogP contribution in [-0.2, 0) is 27.8 Å². The predicted molar refractivity (Wildman–Crippen MR) is 127 cm³/mol. The molecule has 4 rings (SSSR count). The largest absolute Gasteiger partial charge is 0.496 e. The summed E-state index contributed by atoms with van der Waals surface area (Å²) in [7, 11) is -2.10. The lowest BCUT2D eigenvalue weighted by atomic mass is 10.1. The highest BCUT2D eigenvalue weighted by Crippen LogP contribution is 2.24. The average molecular weight is 487 g/mol. The molecule has 0 radical (unpaired) electrons. The molecule has 33 heavy (non-hydrogen) atoms. The molecule has 0 unspecified atom stereocenters. The molecule has 0 aliphatic carbocycles. The van der Waals surface area contributed by atoms with Crippen LogP contribution in [0.15, 0.2) is 70.9 Å². The Bertz CT molecular complexity index is 1190. The van der Waals surface area contributed by atoms with Crippen LogP contribution >= 0.6 is 11.3 Å². The molecule has 0 saturated carbocycles. The maximum atomic E-state index is 13.6. The van der Waals surface area contributed by atoms with Gasteiger partial charge in [0.25, 0.3) is 5.91 Å². The van der Waals surface area contributed by atoms with Gasteiger partial charge in [-0.3, -0.25) is 4.79 Å². The van der Waals surface area contributed by atoms with E-state index in [0.29, 0.717) is 50.7 Å².